The molecule has 0 aromatic carbocycles. The second kappa shape index (κ2) is 3.36. The fourth-order valence-corrected chi connectivity index (χ4v) is 0.963. The van der Waals surface area contributed by atoms with Gasteiger partial charge in [-0.25, -0.2) is 9.78 Å². The van der Waals surface area contributed by atoms with Crippen LogP contribution in [0.4, 0.5) is 5.95 Å². The van der Waals surface area contributed by atoms with E-state index in [4.69, 9.17) is 10.2 Å². The molecule has 0 aliphatic heterocycles. The van der Waals surface area contributed by atoms with Gasteiger partial charge in [-0.05, 0) is 0 Å². The van der Waals surface area contributed by atoms with Crippen LogP contribution in [0.5, 0.6) is 5.75 Å². The summed E-state index contributed by atoms with van der Waals surface area (Å²) in [7, 11) is 2.86. The number of carboxylic acid groups (broad SMARTS) is 1. The molecule has 1 heterocycles. The van der Waals surface area contributed by atoms with E-state index in [1.807, 2.05) is 0 Å². The van der Waals surface area contributed by atoms with E-state index in [9.17, 15) is 9.59 Å². The summed E-state index contributed by atoms with van der Waals surface area (Å²) in [6.45, 7) is 0. The fraction of sp³-hybridized carbons (Fsp3) is 0.286. The smallest absolute Gasteiger partial charge is 0.358 e. The van der Waals surface area contributed by atoms with Gasteiger partial charge in [-0.1, -0.05) is 0 Å². The maximum absolute atomic E-state index is 11.2. The Kier molecular flexibility index (Phi) is 2.41. The van der Waals surface area contributed by atoms with E-state index in [1.54, 1.807) is 0 Å². The van der Waals surface area contributed by atoms with Crippen LogP contribution in [-0.2, 0) is 7.05 Å². The fourth-order valence-electron chi connectivity index (χ4n) is 0.963. The third-order valence-corrected chi connectivity index (χ3v) is 1.69. The standard InChI is InChI=1S/C7H9N3O4/c1-8-7-9-3(6(13)14)4(11)5(12)10(7)2/h11H,1-2H3,(H,8,9)(H,13,14). The summed E-state index contributed by atoms with van der Waals surface area (Å²) in [6.07, 6.45) is 0. The maximum Gasteiger partial charge on any atom is 0.358 e. The number of carbonyl (C=O) groups is 1. The third-order valence-electron chi connectivity index (χ3n) is 1.69. The number of aromatic carboxylic acids is 1. The minimum atomic E-state index is -1.45. The Bertz CT molecular complexity index is 437. The van der Waals surface area contributed by atoms with Crippen molar-refractivity contribution in [2.24, 2.45) is 7.05 Å². The number of hydrogen-bond donors (Lipinski definition) is 3. The molecule has 0 spiro atoms. The molecule has 0 aliphatic rings. The van der Waals surface area contributed by atoms with Gasteiger partial charge in [-0.3, -0.25) is 9.36 Å². The molecule has 0 atom stereocenters. The van der Waals surface area contributed by atoms with Crippen LogP contribution in [0.25, 0.3) is 0 Å². The van der Waals surface area contributed by atoms with Crippen molar-refractivity contribution in [1.82, 2.24) is 9.55 Å². The van der Waals surface area contributed by atoms with Crippen LogP contribution in [0.15, 0.2) is 4.79 Å². The highest BCUT2D eigenvalue weighted by atomic mass is 16.4. The van der Waals surface area contributed by atoms with Crippen LogP contribution in [-0.4, -0.2) is 32.8 Å². The molecule has 0 bridgehead atoms. The van der Waals surface area contributed by atoms with Crippen molar-refractivity contribution in [2.45, 2.75) is 0 Å². The van der Waals surface area contributed by atoms with Crippen LogP contribution >= 0.6 is 0 Å². The normalized spacial score (nSPS) is 9.86. The molecule has 1 rings (SSSR count). The van der Waals surface area contributed by atoms with Gasteiger partial charge in [0.2, 0.25) is 11.7 Å². The van der Waals surface area contributed by atoms with Crippen LogP contribution < -0.4 is 10.9 Å². The van der Waals surface area contributed by atoms with Gasteiger partial charge in [0.15, 0.2) is 5.69 Å². The van der Waals surface area contributed by atoms with Gasteiger partial charge in [0.25, 0.3) is 5.56 Å². The summed E-state index contributed by atoms with van der Waals surface area (Å²) in [5.41, 5.74) is -1.46. The first-order valence-corrected chi connectivity index (χ1v) is 3.70. The predicted molar refractivity (Wildman–Crippen MR) is 47.6 cm³/mol. The average molecular weight is 199 g/mol. The van der Waals surface area contributed by atoms with Crippen LogP contribution in [0.2, 0.25) is 0 Å². The lowest BCUT2D eigenvalue weighted by Crippen LogP contribution is -2.23. The first-order chi connectivity index (χ1) is 6.49. The largest absolute Gasteiger partial charge is 0.501 e. The van der Waals surface area contributed by atoms with Crippen molar-refractivity contribution in [2.75, 3.05) is 12.4 Å². The summed E-state index contributed by atoms with van der Waals surface area (Å²) in [5, 5.41) is 20.3. The van der Waals surface area contributed by atoms with Gasteiger partial charge in [-0.2, -0.15) is 0 Å². The molecule has 14 heavy (non-hydrogen) atoms. The average Bonchev–Trinajstić information content (AvgIpc) is 2.14. The second-order valence-electron chi connectivity index (χ2n) is 2.55. The lowest BCUT2D eigenvalue weighted by Gasteiger charge is -2.07. The molecule has 0 amide bonds. The number of nitrogens with one attached hydrogen (secondary N) is 1. The van der Waals surface area contributed by atoms with Gasteiger partial charge in [0.05, 0.1) is 0 Å². The Hall–Kier alpha value is -2.05. The molecule has 0 unspecified atom stereocenters. The quantitative estimate of drug-likeness (QED) is 0.577. The van der Waals surface area contributed by atoms with Gasteiger partial charge >= 0.3 is 5.97 Å². The lowest BCUT2D eigenvalue weighted by molar-refractivity contribution is 0.0686. The maximum atomic E-state index is 11.2. The summed E-state index contributed by atoms with van der Waals surface area (Å²) in [4.78, 5) is 25.4. The molecule has 1 aromatic heterocycles. The van der Waals surface area contributed by atoms with Gasteiger partial charge in [0, 0.05) is 14.1 Å². The van der Waals surface area contributed by atoms with Crippen LogP contribution in [0.1, 0.15) is 10.5 Å². The highest BCUT2D eigenvalue weighted by Gasteiger charge is 2.18. The van der Waals surface area contributed by atoms with Gasteiger partial charge in [0.1, 0.15) is 0 Å². The SMILES string of the molecule is CNc1nc(C(=O)O)c(O)c(=O)n1C. The Morgan fingerprint density at radius 2 is 2.14 bits per heavy atom. The van der Waals surface area contributed by atoms with Crippen molar-refractivity contribution >= 4 is 11.9 Å². The van der Waals surface area contributed by atoms with Crippen molar-refractivity contribution in [1.29, 1.82) is 0 Å². The van der Waals surface area contributed by atoms with E-state index in [2.05, 4.69) is 10.3 Å². The van der Waals surface area contributed by atoms with Crippen molar-refractivity contribution in [3.63, 3.8) is 0 Å². The van der Waals surface area contributed by atoms with Gasteiger partial charge in [-0.15, -0.1) is 0 Å². The van der Waals surface area contributed by atoms with Crippen LogP contribution in [0, 0.1) is 0 Å². The molecule has 3 N–H and O–H groups in total. The van der Waals surface area contributed by atoms with E-state index in [0.29, 0.717) is 0 Å². The first-order valence-electron chi connectivity index (χ1n) is 3.70. The highest BCUT2D eigenvalue weighted by Crippen LogP contribution is 2.10. The first kappa shape index (κ1) is 10.0. The van der Waals surface area contributed by atoms with Crippen molar-refractivity contribution in [3.05, 3.63) is 16.0 Å². The number of nitrogens with zero attached hydrogens (tertiary/aromatic N) is 2. The summed E-state index contributed by atoms with van der Waals surface area (Å²) in [6, 6.07) is 0. The molecule has 7 heteroatoms. The van der Waals surface area contributed by atoms with E-state index < -0.39 is 23.0 Å². The number of aromatic nitrogens is 2. The monoisotopic (exact) mass is 199 g/mol. The Labute approximate surface area is 78.6 Å². The van der Waals surface area contributed by atoms with E-state index in [0.717, 1.165) is 4.57 Å². The minimum Gasteiger partial charge on any atom is -0.501 e. The number of rotatable bonds is 2. The van der Waals surface area contributed by atoms with Crippen molar-refractivity contribution < 1.29 is 15.0 Å². The molecule has 0 saturated carbocycles. The molecule has 76 valence electrons. The summed E-state index contributed by atoms with van der Waals surface area (Å²) >= 11 is 0. The topological polar surface area (TPSA) is 104 Å². The summed E-state index contributed by atoms with van der Waals surface area (Å²) in [5.74, 6) is -2.24. The third kappa shape index (κ3) is 1.39. The van der Waals surface area contributed by atoms with Crippen LogP contribution in [0.3, 0.4) is 0 Å². The molecule has 0 saturated heterocycles. The number of aromatic hydroxyl groups is 1. The summed E-state index contributed by atoms with van der Waals surface area (Å²) < 4.78 is 1.02. The molecule has 7 nitrogen and oxygen atoms in total. The van der Waals surface area contributed by atoms with E-state index in [1.165, 1.54) is 14.1 Å². The number of anilines is 1. The molecular weight excluding hydrogens is 190 g/mol. The predicted octanol–water partition coefficient (Wildman–Crippen LogP) is -0.774. The zero-order valence-corrected chi connectivity index (χ0v) is 7.61. The van der Waals surface area contributed by atoms with E-state index in [-0.39, 0.29) is 5.95 Å². The second-order valence-corrected chi connectivity index (χ2v) is 2.55. The number of carboxylic acids is 1. The number of hydrogen-bond acceptors (Lipinski definition) is 5. The zero-order chi connectivity index (χ0) is 10.9. The Balaban J connectivity index is 3.57. The molecule has 0 aliphatic carbocycles. The highest BCUT2D eigenvalue weighted by molar-refractivity contribution is 5.88. The van der Waals surface area contributed by atoms with Gasteiger partial charge < -0.3 is 15.5 Å². The Morgan fingerprint density at radius 1 is 1.57 bits per heavy atom. The zero-order valence-electron chi connectivity index (χ0n) is 7.61. The lowest BCUT2D eigenvalue weighted by atomic mass is 10.3. The molecule has 0 fully saturated rings. The Morgan fingerprint density at radius 3 is 2.57 bits per heavy atom. The molecular formula is C7H9N3O4. The van der Waals surface area contributed by atoms with Crippen molar-refractivity contribution in [3.8, 4) is 5.75 Å². The molecule has 0 radical (unpaired) electrons. The van der Waals surface area contributed by atoms with E-state index >= 15 is 0 Å². The minimum absolute atomic E-state index is 0.0743. The molecule has 1 aromatic rings.